The molecule has 0 aliphatic heterocycles. The molecular formula is C29H38F3NO4Si. The molecule has 0 saturated carbocycles. The maximum Gasteiger partial charge on any atom is 0.471 e. The van der Waals surface area contributed by atoms with Crippen LogP contribution in [0.2, 0.25) is 5.04 Å². The molecule has 2 atom stereocenters. The molecule has 0 saturated heterocycles. The van der Waals surface area contributed by atoms with Crippen molar-refractivity contribution in [1.82, 2.24) is 5.32 Å². The van der Waals surface area contributed by atoms with Crippen molar-refractivity contribution in [2.75, 3.05) is 0 Å². The Labute approximate surface area is 224 Å². The van der Waals surface area contributed by atoms with Crippen molar-refractivity contribution in [1.29, 1.82) is 0 Å². The number of rotatable bonds is 9. The highest BCUT2D eigenvalue weighted by Gasteiger charge is 2.50. The maximum atomic E-state index is 12.9. The van der Waals surface area contributed by atoms with E-state index in [9.17, 15) is 22.8 Å². The predicted molar refractivity (Wildman–Crippen MR) is 146 cm³/mol. The molecule has 5 nitrogen and oxygen atoms in total. The monoisotopic (exact) mass is 549 g/mol. The summed E-state index contributed by atoms with van der Waals surface area (Å²) in [6.07, 6.45) is -2.50. The number of alkyl halides is 3. The van der Waals surface area contributed by atoms with E-state index < -0.39 is 44.1 Å². The molecule has 2 rings (SSSR count). The Balaban J connectivity index is 2.36. The molecule has 0 unspecified atom stereocenters. The summed E-state index contributed by atoms with van der Waals surface area (Å²) in [6, 6.07) is 18.6. The largest absolute Gasteiger partial charge is 0.471 e. The number of hydrogen-bond donors (Lipinski definition) is 1. The van der Waals surface area contributed by atoms with Crippen molar-refractivity contribution >= 4 is 30.6 Å². The van der Waals surface area contributed by atoms with Gasteiger partial charge >= 0.3 is 18.1 Å². The van der Waals surface area contributed by atoms with Gasteiger partial charge in [0.25, 0.3) is 8.32 Å². The van der Waals surface area contributed by atoms with Crippen LogP contribution in [0.15, 0.2) is 72.8 Å². The van der Waals surface area contributed by atoms with E-state index in [0.29, 0.717) is 0 Å². The first kappa shape index (κ1) is 31.3. The van der Waals surface area contributed by atoms with E-state index in [0.717, 1.165) is 10.4 Å². The molecule has 2 aromatic carbocycles. The number of nitrogens with one attached hydrogen (secondary N) is 1. The van der Waals surface area contributed by atoms with Gasteiger partial charge in [0.1, 0.15) is 11.6 Å². The van der Waals surface area contributed by atoms with Crippen LogP contribution in [-0.4, -0.2) is 44.1 Å². The highest BCUT2D eigenvalue weighted by atomic mass is 28.4. The van der Waals surface area contributed by atoms with Crippen molar-refractivity contribution in [2.45, 2.75) is 83.8 Å². The highest BCUT2D eigenvalue weighted by molar-refractivity contribution is 6.99. The van der Waals surface area contributed by atoms with Gasteiger partial charge in [-0.2, -0.15) is 13.2 Å². The number of esters is 1. The lowest BCUT2D eigenvalue weighted by molar-refractivity contribution is -0.177. The van der Waals surface area contributed by atoms with Crippen molar-refractivity contribution in [3.8, 4) is 0 Å². The molecule has 0 bridgehead atoms. The summed E-state index contributed by atoms with van der Waals surface area (Å²) in [6.45, 7) is 13.1. The summed E-state index contributed by atoms with van der Waals surface area (Å²) in [7, 11) is -2.86. The topological polar surface area (TPSA) is 64.6 Å². The van der Waals surface area contributed by atoms with Gasteiger partial charge in [-0.05, 0) is 49.5 Å². The minimum Gasteiger partial charge on any atom is -0.458 e. The second-order valence-corrected chi connectivity index (χ2v) is 15.5. The molecule has 1 amide bonds. The van der Waals surface area contributed by atoms with Crippen LogP contribution in [0.5, 0.6) is 0 Å². The lowest BCUT2D eigenvalue weighted by atomic mass is 10.1. The first-order valence-corrected chi connectivity index (χ1v) is 14.4. The second kappa shape index (κ2) is 12.3. The van der Waals surface area contributed by atoms with Crippen molar-refractivity contribution in [3.05, 3.63) is 72.8 Å². The Bertz CT molecular complexity index is 1050. The fourth-order valence-corrected chi connectivity index (χ4v) is 8.89. The van der Waals surface area contributed by atoms with Gasteiger partial charge in [0, 0.05) is 0 Å². The summed E-state index contributed by atoms with van der Waals surface area (Å²) >= 11 is 0. The highest BCUT2D eigenvalue weighted by Crippen LogP contribution is 2.37. The molecule has 0 aromatic heterocycles. The average molecular weight is 550 g/mol. The molecule has 0 fully saturated rings. The van der Waals surface area contributed by atoms with Crippen LogP contribution in [-0.2, 0) is 18.8 Å². The molecule has 0 heterocycles. The van der Waals surface area contributed by atoms with Crippen molar-refractivity contribution < 1.29 is 31.9 Å². The Kier molecular flexibility index (Phi) is 10.1. The minimum absolute atomic E-state index is 0.189. The van der Waals surface area contributed by atoms with Crippen LogP contribution in [0.1, 0.15) is 54.9 Å². The van der Waals surface area contributed by atoms with Gasteiger partial charge in [-0.15, -0.1) is 0 Å². The van der Waals surface area contributed by atoms with E-state index in [-0.39, 0.29) is 11.5 Å². The van der Waals surface area contributed by atoms with Gasteiger partial charge in [-0.1, -0.05) is 93.6 Å². The maximum absolute atomic E-state index is 12.9. The molecule has 208 valence electrons. The molecule has 9 heteroatoms. The Hall–Kier alpha value is -2.91. The van der Waals surface area contributed by atoms with Gasteiger partial charge in [0.05, 0.1) is 6.10 Å². The number of carbonyl (C=O) groups is 2. The SMILES string of the molecule is C[C@@H](/C=C\C[C@H](NC(=O)C(F)(F)F)C(=O)OC(C)(C)C)O[Si](c1ccccc1)(c1ccccc1)C(C)(C)C. The summed E-state index contributed by atoms with van der Waals surface area (Å²) in [4.78, 5) is 24.1. The lowest BCUT2D eigenvalue weighted by Crippen LogP contribution is -2.67. The van der Waals surface area contributed by atoms with E-state index in [4.69, 9.17) is 9.16 Å². The Morgan fingerprint density at radius 1 is 0.895 bits per heavy atom. The Morgan fingerprint density at radius 3 is 1.76 bits per heavy atom. The van der Waals surface area contributed by atoms with Crippen molar-refractivity contribution in [2.24, 2.45) is 0 Å². The predicted octanol–water partition coefficient (Wildman–Crippen LogP) is 5.29. The van der Waals surface area contributed by atoms with Crippen LogP contribution in [0, 0.1) is 0 Å². The third-order valence-corrected chi connectivity index (χ3v) is 10.9. The number of amides is 1. The zero-order chi connectivity index (χ0) is 28.8. The summed E-state index contributed by atoms with van der Waals surface area (Å²) in [5.74, 6) is -3.14. The van der Waals surface area contributed by atoms with E-state index in [1.165, 1.54) is 0 Å². The molecule has 1 N–H and O–H groups in total. The molecular weight excluding hydrogens is 511 g/mol. The first-order valence-electron chi connectivity index (χ1n) is 12.5. The van der Waals surface area contributed by atoms with E-state index in [1.807, 2.05) is 43.3 Å². The van der Waals surface area contributed by atoms with Gasteiger partial charge in [-0.25, -0.2) is 4.79 Å². The smallest absolute Gasteiger partial charge is 0.458 e. The molecule has 0 aliphatic carbocycles. The summed E-state index contributed by atoms with van der Waals surface area (Å²) in [5, 5.41) is 3.66. The number of halogens is 3. The lowest BCUT2D eigenvalue weighted by Gasteiger charge is -2.44. The third kappa shape index (κ3) is 8.29. The molecule has 2 aromatic rings. The minimum atomic E-state index is -5.12. The quantitative estimate of drug-likeness (QED) is 0.262. The zero-order valence-corrected chi connectivity index (χ0v) is 24.1. The van der Waals surface area contributed by atoms with E-state index in [2.05, 4.69) is 45.0 Å². The van der Waals surface area contributed by atoms with Crippen LogP contribution < -0.4 is 15.7 Å². The number of ether oxygens (including phenoxy) is 1. The Morgan fingerprint density at radius 2 is 1.37 bits per heavy atom. The standard InChI is InChI=1S/C29H38F3NO4Si/c1-21(15-14-20-24(25(34)36-27(2,3)4)33-26(35)29(30,31)32)37-38(28(5,6)7,22-16-10-8-11-17-22)23-18-12-9-13-19-23/h8-19,21,24H,20H2,1-7H3,(H,33,35)/b15-14-/t21-,24-/m0/s1. The number of carbonyl (C=O) groups excluding carboxylic acids is 2. The third-order valence-electron chi connectivity index (χ3n) is 5.81. The first-order chi connectivity index (χ1) is 17.5. The molecule has 38 heavy (non-hydrogen) atoms. The second-order valence-electron chi connectivity index (χ2n) is 11.2. The fraction of sp³-hybridized carbons (Fsp3) is 0.448. The molecule has 0 radical (unpaired) electrons. The number of benzene rings is 2. The van der Waals surface area contributed by atoms with E-state index in [1.54, 1.807) is 38.2 Å². The molecule has 0 aliphatic rings. The zero-order valence-electron chi connectivity index (χ0n) is 23.1. The van der Waals surface area contributed by atoms with Crippen LogP contribution >= 0.6 is 0 Å². The van der Waals surface area contributed by atoms with Gasteiger partial charge < -0.3 is 14.5 Å². The normalized spacial score (nSPS) is 14.7. The van der Waals surface area contributed by atoms with Crippen LogP contribution in [0.3, 0.4) is 0 Å². The van der Waals surface area contributed by atoms with E-state index >= 15 is 0 Å². The summed E-state index contributed by atoms with van der Waals surface area (Å²) in [5.41, 5.74) is -0.929. The van der Waals surface area contributed by atoms with Gasteiger partial charge in [-0.3, -0.25) is 4.79 Å². The fourth-order valence-electron chi connectivity index (χ4n) is 4.24. The summed E-state index contributed by atoms with van der Waals surface area (Å²) < 4.78 is 50.8. The average Bonchev–Trinajstić information content (AvgIpc) is 2.80. The number of hydrogen-bond acceptors (Lipinski definition) is 4. The molecule has 0 spiro atoms. The van der Waals surface area contributed by atoms with Crippen LogP contribution in [0.4, 0.5) is 13.2 Å². The van der Waals surface area contributed by atoms with Gasteiger partial charge in [0.15, 0.2) is 0 Å². The van der Waals surface area contributed by atoms with Crippen LogP contribution in [0.25, 0.3) is 0 Å². The van der Waals surface area contributed by atoms with Crippen molar-refractivity contribution in [3.63, 3.8) is 0 Å². The van der Waals surface area contributed by atoms with Gasteiger partial charge in [0.2, 0.25) is 0 Å².